The van der Waals surface area contributed by atoms with E-state index in [9.17, 15) is 23.2 Å². The number of halogens is 2. The van der Waals surface area contributed by atoms with E-state index in [4.69, 9.17) is 4.74 Å². The third kappa shape index (κ3) is 2.03. The van der Waals surface area contributed by atoms with Crippen molar-refractivity contribution in [2.45, 2.75) is 6.61 Å². The lowest BCUT2D eigenvalue weighted by Crippen LogP contribution is -2.40. The number of ether oxygens (including phenoxy) is 1. The summed E-state index contributed by atoms with van der Waals surface area (Å²) in [5.74, 6) is -2.86. The lowest BCUT2D eigenvalue weighted by Gasteiger charge is -2.10. The first-order valence-electron chi connectivity index (χ1n) is 7.61. The third-order valence-electron chi connectivity index (χ3n) is 4.50. The van der Waals surface area contributed by atoms with Gasteiger partial charge in [0, 0.05) is 12.6 Å². The molecular weight excluding hydrogens is 348 g/mol. The van der Waals surface area contributed by atoms with E-state index in [-0.39, 0.29) is 34.3 Å². The van der Waals surface area contributed by atoms with Crippen LogP contribution in [0.1, 0.15) is 16.1 Å². The smallest absolute Gasteiger partial charge is 0.417 e. The fraction of sp³-hybridized carbons (Fsp3) is 0.176. The van der Waals surface area contributed by atoms with E-state index in [0.29, 0.717) is 5.69 Å². The van der Waals surface area contributed by atoms with Crippen LogP contribution >= 0.6 is 0 Å². The van der Waals surface area contributed by atoms with Gasteiger partial charge in [-0.15, -0.1) is 0 Å². The Kier molecular flexibility index (Phi) is 3.30. The third-order valence-corrected chi connectivity index (χ3v) is 4.50. The van der Waals surface area contributed by atoms with Crippen LogP contribution in [0.15, 0.2) is 27.8 Å². The molecule has 132 valence electrons. The summed E-state index contributed by atoms with van der Waals surface area (Å²) in [4.78, 5) is 40.1. The Balaban J connectivity index is 2.29. The number of benzene rings is 1. The number of rotatable bonds is 1. The van der Waals surface area contributed by atoms with E-state index >= 15 is 0 Å². The number of aromatic nitrogens is 3. The maximum atomic E-state index is 13.8. The van der Waals surface area contributed by atoms with Gasteiger partial charge in [0.15, 0.2) is 23.9 Å². The molecule has 1 aliphatic heterocycles. The summed E-state index contributed by atoms with van der Waals surface area (Å²) >= 11 is 0. The summed E-state index contributed by atoms with van der Waals surface area (Å²) in [7, 11) is 2.75. The second kappa shape index (κ2) is 5.32. The van der Waals surface area contributed by atoms with Crippen LogP contribution in [0.2, 0.25) is 0 Å². The second-order valence-corrected chi connectivity index (χ2v) is 5.99. The molecule has 3 aromatic rings. The molecule has 0 bridgehead atoms. The zero-order valence-electron chi connectivity index (χ0n) is 13.7. The van der Waals surface area contributed by atoms with Gasteiger partial charge >= 0.3 is 11.7 Å². The molecule has 4 rings (SSSR count). The van der Waals surface area contributed by atoms with E-state index in [1.54, 1.807) is 0 Å². The molecule has 0 spiro atoms. The van der Waals surface area contributed by atoms with E-state index in [2.05, 4.69) is 4.98 Å². The number of nitrogens with zero attached hydrogens (tertiary/aromatic N) is 2. The highest BCUT2D eigenvalue weighted by Crippen LogP contribution is 2.33. The number of pyridine rings is 1. The number of carbonyl (C=O) groups is 1. The summed E-state index contributed by atoms with van der Waals surface area (Å²) < 4.78 is 34.3. The zero-order valence-corrected chi connectivity index (χ0v) is 13.7. The van der Waals surface area contributed by atoms with Gasteiger partial charge in [-0.1, -0.05) is 6.07 Å². The Bertz CT molecular complexity index is 1240. The van der Waals surface area contributed by atoms with Crippen molar-refractivity contribution in [3.8, 4) is 11.1 Å². The molecule has 0 aliphatic carbocycles. The number of esters is 1. The van der Waals surface area contributed by atoms with E-state index in [1.807, 2.05) is 0 Å². The van der Waals surface area contributed by atoms with Crippen molar-refractivity contribution in [2.24, 2.45) is 14.1 Å². The van der Waals surface area contributed by atoms with Crippen LogP contribution in [0.5, 0.6) is 0 Å². The Hall–Kier alpha value is -3.36. The summed E-state index contributed by atoms with van der Waals surface area (Å²) in [6.07, 6.45) is 0. The number of cyclic esters (lactones) is 1. The SMILES string of the molecule is Cn1c(=O)c2c(-c3ccc(F)c(F)c3)c3c([nH+]c2n(C)c1=O)COC3=O. The molecule has 7 nitrogen and oxygen atoms in total. The second-order valence-electron chi connectivity index (χ2n) is 5.99. The first-order chi connectivity index (χ1) is 12.3. The van der Waals surface area contributed by atoms with Crippen LogP contribution in [-0.4, -0.2) is 15.1 Å². The molecule has 0 radical (unpaired) electrons. The largest absolute Gasteiger partial charge is 0.453 e. The van der Waals surface area contributed by atoms with Crippen molar-refractivity contribution in [1.82, 2.24) is 9.13 Å². The molecule has 0 saturated heterocycles. The van der Waals surface area contributed by atoms with Crippen LogP contribution in [0.25, 0.3) is 22.2 Å². The predicted molar refractivity (Wildman–Crippen MR) is 85.5 cm³/mol. The van der Waals surface area contributed by atoms with Crippen LogP contribution < -0.4 is 16.2 Å². The van der Waals surface area contributed by atoms with Crippen molar-refractivity contribution in [3.63, 3.8) is 0 Å². The van der Waals surface area contributed by atoms with Gasteiger partial charge in [-0.05, 0) is 17.7 Å². The first-order valence-corrected chi connectivity index (χ1v) is 7.61. The predicted octanol–water partition coefficient (Wildman–Crippen LogP) is 0.667. The molecule has 2 aromatic heterocycles. The number of carbonyl (C=O) groups excluding carboxylic acids is 1. The minimum Gasteiger partial charge on any atom is -0.453 e. The zero-order chi connectivity index (χ0) is 18.7. The van der Waals surface area contributed by atoms with Gasteiger partial charge in [-0.3, -0.25) is 4.79 Å². The molecule has 26 heavy (non-hydrogen) atoms. The van der Waals surface area contributed by atoms with Crippen molar-refractivity contribution in [2.75, 3.05) is 0 Å². The lowest BCUT2D eigenvalue weighted by atomic mass is 9.96. The molecule has 1 aliphatic rings. The van der Waals surface area contributed by atoms with Crippen LogP contribution in [0.3, 0.4) is 0 Å². The van der Waals surface area contributed by atoms with Gasteiger partial charge in [0.25, 0.3) is 11.2 Å². The number of nitrogens with one attached hydrogen (secondary N) is 1. The average molecular weight is 360 g/mol. The van der Waals surface area contributed by atoms with Crippen molar-refractivity contribution in [1.29, 1.82) is 0 Å². The number of aromatic amines is 1. The van der Waals surface area contributed by atoms with Gasteiger partial charge in [-0.2, -0.15) is 4.57 Å². The Morgan fingerprint density at radius 2 is 1.77 bits per heavy atom. The van der Waals surface area contributed by atoms with Crippen LogP contribution in [0.4, 0.5) is 8.78 Å². The number of hydrogen-bond donors (Lipinski definition) is 0. The number of aryl methyl sites for hydroxylation is 1. The fourth-order valence-corrected chi connectivity index (χ4v) is 3.18. The quantitative estimate of drug-likeness (QED) is 0.597. The van der Waals surface area contributed by atoms with Gasteiger partial charge in [0.2, 0.25) is 0 Å². The lowest BCUT2D eigenvalue weighted by molar-refractivity contribution is -0.365. The minimum absolute atomic E-state index is 0.0122. The molecule has 0 unspecified atom stereocenters. The summed E-state index contributed by atoms with van der Waals surface area (Å²) in [6.45, 7) is -0.0792. The molecule has 0 atom stereocenters. The fourth-order valence-electron chi connectivity index (χ4n) is 3.18. The van der Waals surface area contributed by atoms with Gasteiger partial charge < -0.3 is 4.74 Å². The van der Waals surface area contributed by atoms with Crippen molar-refractivity contribution >= 4 is 17.0 Å². The molecule has 0 fully saturated rings. The Morgan fingerprint density at radius 1 is 1.04 bits per heavy atom. The average Bonchev–Trinajstić information content (AvgIpc) is 2.99. The summed E-state index contributed by atoms with van der Waals surface area (Å²) in [6, 6.07) is 3.08. The highest BCUT2D eigenvalue weighted by Gasteiger charge is 2.34. The van der Waals surface area contributed by atoms with Crippen molar-refractivity contribution < 1.29 is 23.3 Å². The highest BCUT2D eigenvalue weighted by atomic mass is 19.2. The topological polar surface area (TPSA) is 84.4 Å². The number of fused-ring (bicyclic) bond motifs is 2. The molecule has 1 N–H and O–H groups in total. The molecule has 1 aromatic carbocycles. The maximum absolute atomic E-state index is 13.8. The standard InChI is InChI=1S/C17H11F2N3O4/c1-21-14-13(15(23)22(2)17(21)25)11(7-3-4-8(18)9(19)5-7)12-10(20-14)6-26-16(12)24/h3-5H,6H2,1-2H3/p+1. The summed E-state index contributed by atoms with van der Waals surface area (Å²) in [5, 5.41) is 0.0122. The van der Waals surface area contributed by atoms with Gasteiger partial charge in [0.1, 0.15) is 10.9 Å². The Labute approximate surface area is 144 Å². The van der Waals surface area contributed by atoms with Crippen molar-refractivity contribution in [3.05, 3.63) is 61.9 Å². The number of H-pyrrole nitrogens is 1. The summed E-state index contributed by atoms with van der Waals surface area (Å²) in [5.41, 5.74) is -0.415. The van der Waals surface area contributed by atoms with Gasteiger partial charge in [-0.25, -0.2) is 27.9 Å². The number of hydrogen-bond acceptors (Lipinski definition) is 4. The van der Waals surface area contributed by atoms with E-state index < -0.39 is 28.9 Å². The minimum atomic E-state index is -1.12. The van der Waals surface area contributed by atoms with E-state index in [1.165, 1.54) is 24.7 Å². The Morgan fingerprint density at radius 3 is 2.46 bits per heavy atom. The highest BCUT2D eigenvalue weighted by molar-refractivity contribution is 6.07. The maximum Gasteiger partial charge on any atom is 0.417 e. The normalized spacial score (nSPS) is 13.2. The van der Waals surface area contributed by atoms with Crippen LogP contribution in [0, 0.1) is 11.6 Å². The molecule has 0 saturated carbocycles. The first kappa shape index (κ1) is 16.1. The molecule has 3 heterocycles. The molecular formula is C17H12F2N3O4+. The molecule has 0 amide bonds. The van der Waals surface area contributed by atoms with Gasteiger partial charge in [0.05, 0.1) is 7.05 Å². The monoisotopic (exact) mass is 360 g/mol. The molecule has 9 heteroatoms. The van der Waals surface area contributed by atoms with Crippen LogP contribution in [-0.2, 0) is 25.4 Å². The van der Waals surface area contributed by atoms with E-state index in [0.717, 1.165) is 16.7 Å².